The molecule has 0 spiro atoms. The molecular formula is C20H15NO3. The standard InChI is InChI=1S/C20H15NO3/c22-19-17-15-10-11-16(24-15)18(17)20(23)21(19)14-8-6-13(7-9-14)12-4-2-1-3-5-12/h1-11,15-18H/t15-,16+,17+,18-. The first-order valence-electron chi connectivity index (χ1n) is 8.11. The first kappa shape index (κ1) is 13.7. The molecule has 2 fully saturated rings. The second-order valence-electron chi connectivity index (χ2n) is 6.43. The zero-order valence-corrected chi connectivity index (χ0v) is 12.8. The van der Waals surface area contributed by atoms with Gasteiger partial charge in [0, 0.05) is 0 Å². The van der Waals surface area contributed by atoms with Crippen molar-refractivity contribution >= 4 is 17.5 Å². The second kappa shape index (κ2) is 4.89. The van der Waals surface area contributed by atoms with Crippen LogP contribution < -0.4 is 4.90 Å². The minimum Gasteiger partial charge on any atom is -0.365 e. The van der Waals surface area contributed by atoms with E-state index in [0.29, 0.717) is 5.69 Å². The van der Waals surface area contributed by atoms with Crippen molar-refractivity contribution in [2.75, 3.05) is 4.90 Å². The van der Waals surface area contributed by atoms with Crippen LogP contribution in [0.3, 0.4) is 0 Å². The van der Waals surface area contributed by atoms with Crippen LogP contribution in [0.15, 0.2) is 66.7 Å². The Bertz CT molecular complexity index is 826. The van der Waals surface area contributed by atoms with Gasteiger partial charge in [0.05, 0.1) is 29.7 Å². The Kier molecular flexibility index (Phi) is 2.79. The number of imide groups is 1. The number of rotatable bonds is 2. The smallest absolute Gasteiger partial charge is 0.240 e. The molecule has 24 heavy (non-hydrogen) atoms. The summed E-state index contributed by atoms with van der Waals surface area (Å²) in [5.41, 5.74) is 2.80. The van der Waals surface area contributed by atoms with Gasteiger partial charge in [-0.2, -0.15) is 0 Å². The number of carbonyl (C=O) groups is 2. The van der Waals surface area contributed by atoms with Crippen molar-refractivity contribution in [3.63, 3.8) is 0 Å². The minimum absolute atomic E-state index is 0.144. The lowest BCUT2D eigenvalue weighted by Crippen LogP contribution is -2.34. The maximum Gasteiger partial charge on any atom is 0.240 e. The highest BCUT2D eigenvalue weighted by Gasteiger charge is 2.60. The average molecular weight is 317 g/mol. The fourth-order valence-electron chi connectivity index (χ4n) is 3.99. The molecule has 2 aromatic carbocycles. The van der Waals surface area contributed by atoms with Gasteiger partial charge < -0.3 is 4.74 Å². The molecule has 3 aliphatic heterocycles. The lowest BCUT2D eigenvalue weighted by Gasteiger charge is -2.18. The Hall–Kier alpha value is -2.72. The van der Waals surface area contributed by atoms with Crippen LogP contribution in [-0.4, -0.2) is 24.0 Å². The molecule has 4 nitrogen and oxygen atoms in total. The molecule has 0 unspecified atom stereocenters. The van der Waals surface area contributed by atoms with E-state index >= 15 is 0 Å². The molecule has 2 bridgehead atoms. The zero-order chi connectivity index (χ0) is 16.3. The predicted octanol–water partition coefficient (Wildman–Crippen LogP) is 2.80. The first-order chi connectivity index (χ1) is 11.7. The van der Waals surface area contributed by atoms with Crippen molar-refractivity contribution in [2.24, 2.45) is 11.8 Å². The number of fused-ring (bicyclic) bond motifs is 5. The van der Waals surface area contributed by atoms with Crippen molar-refractivity contribution < 1.29 is 14.3 Å². The maximum atomic E-state index is 12.7. The van der Waals surface area contributed by atoms with Crippen LogP contribution >= 0.6 is 0 Å². The third-order valence-electron chi connectivity index (χ3n) is 5.14. The van der Waals surface area contributed by atoms with E-state index < -0.39 is 0 Å². The van der Waals surface area contributed by atoms with Crippen LogP contribution in [0.4, 0.5) is 5.69 Å². The lowest BCUT2D eigenvalue weighted by atomic mass is 9.85. The normalized spacial score (nSPS) is 30.2. The number of carbonyl (C=O) groups excluding carboxylic acids is 2. The Balaban J connectivity index is 1.47. The average Bonchev–Trinajstić information content (AvgIpc) is 3.30. The summed E-state index contributed by atoms with van der Waals surface area (Å²) < 4.78 is 5.66. The summed E-state index contributed by atoms with van der Waals surface area (Å²) in [4.78, 5) is 26.8. The van der Waals surface area contributed by atoms with Gasteiger partial charge in [0.2, 0.25) is 11.8 Å². The minimum atomic E-state index is -0.360. The molecule has 3 aliphatic rings. The van der Waals surface area contributed by atoms with E-state index in [1.807, 2.05) is 66.7 Å². The number of benzene rings is 2. The predicted molar refractivity (Wildman–Crippen MR) is 89.2 cm³/mol. The molecule has 2 saturated heterocycles. The van der Waals surface area contributed by atoms with E-state index in [1.54, 1.807) is 0 Å². The highest BCUT2D eigenvalue weighted by atomic mass is 16.5. The van der Waals surface area contributed by atoms with Crippen LogP contribution in [0.25, 0.3) is 11.1 Å². The largest absolute Gasteiger partial charge is 0.365 e. The van der Waals surface area contributed by atoms with Gasteiger partial charge in [0.25, 0.3) is 0 Å². The fourth-order valence-corrected chi connectivity index (χ4v) is 3.99. The number of hydrogen-bond acceptors (Lipinski definition) is 3. The van der Waals surface area contributed by atoms with Gasteiger partial charge in [-0.05, 0) is 23.3 Å². The van der Waals surface area contributed by atoms with Crippen LogP contribution in [0.2, 0.25) is 0 Å². The lowest BCUT2D eigenvalue weighted by molar-refractivity contribution is -0.124. The van der Waals surface area contributed by atoms with Crippen molar-refractivity contribution in [3.8, 4) is 11.1 Å². The summed E-state index contributed by atoms with van der Waals surface area (Å²) in [7, 11) is 0. The molecule has 0 radical (unpaired) electrons. The molecule has 0 aliphatic carbocycles. The van der Waals surface area contributed by atoms with Crippen LogP contribution in [-0.2, 0) is 14.3 Å². The summed E-state index contributed by atoms with van der Waals surface area (Å²) in [5, 5.41) is 0. The van der Waals surface area contributed by atoms with Gasteiger partial charge in [0.15, 0.2) is 0 Å². The van der Waals surface area contributed by atoms with Gasteiger partial charge >= 0.3 is 0 Å². The van der Waals surface area contributed by atoms with E-state index in [0.717, 1.165) is 11.1 Å². The SMILES string of the molecule is O=C1[C@@H]2[C@H](C(=O)N1c1ccc(-c3ccccc3)cc1)[C@@H]1C=C[C@H]2O1. The first-order valence-corrected chi connectivity index (χ1v) is 8.11. The summed E-state index contributed by atoms with van der Waals surface area (Å²) in [6, 6.07) is 17.6. The molecule has 2 aromatic rings. The Morgan fingerprint density at radius 2 is 1.25 bits per heavy atom. The molecule has 0 N–H and O–H groups in total. The van der Waals surface area contributed by atoms with Crippen molar-refractivity contribution in [3.05, 3.63) is 66.7 Å². The van der Waals surface area contributed by atoms with Crippen molar-refractivity contribution in [1.29, 1.82) is 0 Å². The van der Waals surface area contributed by atoms with Crippen LogP contribution in [0, 0.1) is 11.8 Å². The summed E-state index contributed by atoms with van der Waals surface area (Å²) >= 11 is 0. The van der Waals surface area contributed by atoms with Gasteiger partial charge in [-0.25, -0.2) is 4.90 Å². The quantitative estimate of drug-likeness (QED) is 0.632. The molecule has 118 valence electrons. The number of anilines is 1. The summed E-state index contributed by atoms with van der Waals surface area (Å²) in [6.45, 7) is 0. The van der Waals surface area contributed by atoms with Crippen LogP contribution in [0.1, 0.15) is 0 Å². The maximum absolute atomic E-state index is 12.7. The van der Waals surface area contributed by atoms with E-state index in [9.17, 15) is 9.59 Å². The van der Waals surface area contributed by atoms with Gasteiger partial charge in [-0.3, -0.25) is 9.59 Å². The summed E-state index contributed by atoms with van der Waals surface area (Å²) in [6.07, 6.45) is 3.31. The van der Waals surface area contributed by atoms with Crippen molar-refractivity contribution in [2.45, 2.75) is 12.2 Å². The molecule has 0 saturated carbocycles. The van der Waals surface area contributed by atoms with Gasteiger partial charge in [-0.1, -0.05) is 54.6 Å². The molecule has 0 aromatic heterocycles. The van der Waals surface area contributed by atoms with Gasteiger partial charge in [0.1, 0.15) is 0 Å². The molecule has 2 amide bonds. The number of ether oxygens (including phenoxy) is 1. The van der Waals surface area contributed by atoms with E-state index in [-0.39, 0.29) is 35.9 Å². The molecular weight excluding hydrogens is 302 g/mol. The number of nitrogens with zero attached hydrogens (tertiary/aromatic N) is 1. The molecule has 5 rings (SSSR count). The highest BCUT2D eigenvalue weighted by molar-refractivity contribution is 6.23. The Labute approximate surface area is 139 Å². The number of hydrogen-bond donors (Lipinski definition) is 0. The van der Waals surface area contributed by atoms with Crippen molar-refractivity contribution in [1.82, 2.24) is 0 Å². The topological polar surface area (TPSA) is 46.6 Å². The van der Waals surface area contributed by atoms with Gasteiger partial charge in [-0.15, -0.1) is 0 Å². The fraction of sp³-hybridized carbons (Fsp3) is 0.200. The zero-order valence-electron chi connectivity index (χ0n) is 12.8. The van der Waals surface area contributed by atoms with E-state index in [2.05, 4.69) is 0 Å². The molecule has 4 heteroatoms. The summed E-state index contributed by atoms with van der Waals surface area (Å²) in [5.74, 6) is -1.01. The second-order valence-corrected chi connectivity index (χ2v) is 6.43. The molecule has 3 heterocycles. The monoisotopic (exact) mass is 317 g/mol. The van der Waals surface area contributed by atoms with E-state index in [1.165, 1.54) is 4.90 Å². The third-order valence-corrected chi connectivity index (χ3v) is 5.14. The third kappa shape index (κ3) is 1.77. The molecule has 4 atom stereocenters. The Morgan fingerprint density at radius 1 is 0.708 bits per heavy atom. The van der Waals surface area contributed by atoms with E-state index in [4.69, 9.17) is 4.74 Å². The number of amides is 2. The van der Waals surface area contributed by atoms with Crippen LogP contribution in [0.5, 0.6) is 0 Å². The Morgan fingerprint density at radius 3 is 1.83 bits per heavy atom. The highest BCUT2D eigenvalue weighted by Crippen LogP contribution is 2.46.